The van der Waals surface area contributed by atoms with Crippen LogP contribution >= 0.6 is 0 Å². The van der Waals surface area contributed by atoms with Gasteiger partial charge < -0.3 is 10.3 Å². The summed E-state index contributed by atoms with van der Waals surface area (Å²) in [5.74, 6) is 0.662. The van der Waals surface area contributed by atoms with Crippen molar-refractivity contribution in [1.82, 2.24) is 15.5 Å². The Bertz CT molecular complexity index is 565. The molecule has 2 aromatic rings. The van der Waals surface area contributed by atoms with Gasteiger partial charge >= 0.3 is 0 Å². The van der Waals surface area contributed by atoms with Crippen molar-refractivity contribution < 1.29 is 9.32 Å². The van der Waals surface area contributed by atoms with Crippen molar-refractivity contribution in [2.45, 2.75) is 19.9 Å². The number of amides is 1. The van der Waals surface area contributed by atoms with Gasteiger partial charge in [-0.05, 0) is 18.1 Å². The van der Waals surface area contributed by atoms with Crippen LogP contribution in [0.5, 0.6) is 0 Å². The molecule has 100 valence electrons. The largest absolute Gasteiger partial charge is 0.369 e. The molecular weight excluding hydrogens is 244 g/mol. The Kier molecular flexibility index (Phi) is 4.25. The molecule has 0 fully saturated rings. The molecule has 0 spiro atoms. The van der Waals surface area contributed by atoms with E-state index >= 15 is 0 Å². The van der Waals surface area contributed by atoms with E-state index in [9.17, 15) is 4.79 Å². The van der Waals surface area contributed by atoms with Gasteiger partial charge in [-0.25, -0.2) is 0 Å². The first-order chi connectivity index (χ1) is 9.15. The number of hydrogen-bond donors (Lipinski definition) is 2. The van der Waals surface area contributed by atoms with Crippen LogP contribution in [0.15, 0.2) is 28.8 Å². The molecule has 1 amide bonds. The van der Waals surface area contributed by atoms with Crippen LogP contribution in [0.4, 0.5) is 0 Å². The predicted octanol–water partition coefficient (Wildman–Crippen LogP) is 0.544. The highest BCUT2D eigenvalue weighted by Crippen LogP contribution is 2.11. The Morgan fingerprint density at radius 1 is 1.42 bits per heavy atom. The Morgan fingerprint density at radius 3 is 2.95 bits per heavy atom. The molecule has 1 heterocycles. The summed E-state index contributed by atoms with van der Waals surface area (Å²) < 4.78 is 5.08. The average molecular weight is 260 g/mol. The van der Waals surface area contributed by atoms with Crippen molar-refractivity contribution in [2.75, 3.05) is 6.54 Å². The van der Waals surface area contributed by atoms with E-state index < -0.39 is 5.91 Å². The summed E-state index contributed by atoms with van der Waals surface area (Å²) in [7, 11) is 0. The Labute approximate surface area is 111 Å². The van der Waals surface area contributed by atoms with Gasteiger partial charge in [0, 0.05) is 6.42 Å². The molecule has 2 rings (SSSR count). The minimum Gasteiger partial charge on any atom is -0.369 e. The minimum atomic E-state index is -0.417. The standard InChI is InChI=1S/C13H16N4O2/c1-9-4-2-3-5-10(9)6-12-16-13(19-17-12)8-15-7-11(14)18/h2-5,15H,6-8H2,1H3,(H2,14,18). The molecular formula is C13H16N4O2. The Balaban J connectivity index is 1.94. The molecule has 6 heteroatoms. The van der Waals surface area contributed by atoms with Crippen molar-refractivity contribution in [3.8, 4) is 0 Å². The Morgan fingerprint density at radius 2 is 2.21 bits per heavy atom. The summed E-state index contributed by atoms with van der Waals surface area (Å²) in [6.07, 6.45) is 0.631. The van der Waals surface area contributed by atoms with Gasteiger partial charge in [0.15, 0.2) is 5.82 Å². The third kappa shape index (κ3) is 3.89. The van der Waals surface area contributed by atoms with Gasteiger partial charge in [-0.2, -0.15) is 4.98 Å². The molecule has 0 bridgehead atoms. The fourth-order valence-electron chi connectivity index (χ4n) is 1.71. The molecule has 0 atom stereocenters. The van der Waals surface area contributed by atoms with Crippen LogP contribution in [-0.4, -0.2) is 22.6 Å². The zero-order chi connectivity index (χ0) is 13.7. The van der Waals surface area contributed by atoms with Crippen molar-refractivity contribution in [3.05, 3.63) is 47.1 Å². The highest BCUT2D eigenvalue weighted by molar-refractivity contribution is 5.75. The lowest BCUT2D eigenvalue weighted by Crippen LogP contribution is -2.28. The van der Waals surface area contributed by atoms with Crippen LogP contribution in [0.2, 0.25) is 0 Å². The first-order valence-electron chi connectivity index (χ1n) is 6.00. The number of primary amides is 1. The molecule has 0 radical (unpaired) electrons. The maximum Gasteiger partial charge on any atom is 0.240 e. The monoisotopic (exact) mass is 260 g/mol. The molecule has 6 nitrogen and oxygen atoms in total. The van der Waals surface area contributed by atoms with Crippen LogP contribution in [0.25, 0.3) is 0 Å². The SMILES string of the molecule is Cc1ccccc1Cc1noc(CNCC(N)=O)n1. The molecule has 1 aromatic carbocycles. The molecule has 19 heavy (non-hydrogen) atoms. The average Bonchev–Trinajstić information content (AvgIpc) is 2.79. The van der Waals surface area contributed by atoms with Crippen molar-refractivity contribution in [1.29, 1.82) is 0 Å². The smallest absolute Gasteiger partial charge is 0.240 e. The fourth-order valence-corrected chi connectivity index (χ4v) is 1.71. The molecule has 0 aliphatic heterocycles. The van der Waals surface area contributed by atoms with Crippen molar-refractivity contribution >= 4 is 5.91 Å². The second-order valence-electron chi connectivity index (χ2n) is 4.28. The van der Waals surface area contributed by atoms with Crippen LogP contribution in [0.3, 0.4) is 0 Å². The van der Waals surface area contributed by atoms with E-state index in [1.54, 1.807) is 0 Å². The normalized spacial score (nSPS) is 10.6. The minimum absolute atomic E-state index is 0.0928. The Hall–Kier alpha value is -2.21. The number of rotatable bonds is 6. The third-order valence-corrected chi connectivity index (χ3v) is 2.70. The van der Waals surface area contributed by atoms with Gasteiger partial charge in [0.1, 0.15) is 0 Å². The molecule has 3 N–H and O–H groups in total. The molecule has 0 unspecified atom stereocenters. The number of aromatic nitrogens is 2. The maximum atomic E-state index is 10.6. The lowest BCUT2D eigenvalue weighted by molar-refractivity contribution is -0.117. The van der Waals surface area contributed by atoms with E-state index in [1.165, 1.54) is 11.1 Å². The highest BCUT2D eigenvalue weighted by atomic mass is 16.5. The summed E-state index contributed by atoms with van der Waals surface area (Å²) >= 11 is 0. The second kappa shape index (κ2) is 6.10. The predicted molar refractivity (Wildman–Crippen MR) is 69.2 cm³/mol. The topological polar surface area (TPSA) is 94.0 Å². The van der Waals surface area contributed by atoms with E-state index in [1.807, 2.05) is 31.2 Å². The fraction of sp³-hybridized carbons (Fsp3) is 0.308. The summed E-state index contributed by atoms with van der Waals surface area (Å²) in [5, 5.41) is 6.73. The van der Waals surface area contributed by atoms with Crippen LogP contribution in [-0.2, 0) is 17.8 Å². The van der Waals surface area contributed by atoms with Crippen molar-refractivity contribution in [3.63, 3.8) is 0 Å². The number of aryl methyl sites for hydroxylation is 1. The summed E-state index contributed by atoms with van der Waals surface area (Å²) in [4.78, 5) is 14.8. The van der Waals surface area contributed by atoms with Gasteiger partial charge in [0.2, 0.25) is 11.8 Å². The lowest BCUT2D eigenvalue weighted by Gasteiger charge is -2.00. The first kappa shape index (κ1) is 13.2. The maximum absolute atomic E-state index is 10.6. The second-order valence-corrected chi connectivity index (χ2v) is 4.28. The molecule has 0 aliphatic carbocycles. The summed E-state index contributed by atoms with van der Waals surface area (Å²) in [6, 6.07) is 8.06. The van der Waals surface area contributed by atoms with Gasteiger partial charge in [-0.3, -0.25) is 10.1 Å². The number of carbonyl (C=O) groups is 1. The van der Waals surface area contributed by atoms with E-state index in [4.69, 9.17) is 10.3 Å². The number of benzene rings is 1. The van der Waals surface area contributed by atoms with Gasteiger partial charge in [0.05, 0.1) is 13.1 Å². The molecule has 0 aliphatic rings. The van der Waals surface area contributed by atoms with Crippen LogP contribution in [0, 0.1) is 6.92 Å². The first-order valence-corrected chi connectivity index (χ1v) is 6.00. The van der Waals surface area contributed by atoms with Gasteiger partial charge in [-0.15, -0.1) is 0 Å². The number of nitrogens with one attached hydrogen (secondary N) is 1. The van der Waals surface area contributed by atoms with E-state index in [0.717, 1.165) is 0 Å². The summed E-state index contributed by atoms with van der Waals surface area (Å²) in [6.45, 7) is 2.48. The number of nitrogens with zero attached hydrogens (tertiary/aromatic N) is 2. The number of hydrogen-bond acceptors (Lipinski definition) is 5. The van der Waals surface area contributed by atoms with Crippen molar-refractivity contribution in [2.24, 2.45) is 5.73 Å². The van der Waals surface area contributed by atoms with E-state index in [0.29, 0.717) is 24.7 Å². The molecule has 0 saturated heterocycles. The zero-order valence-corrected chi connectivity index (χ0v) is 10.7. The highest BCUT2D eigenvalue weighted by Gasteiger charge is 2.08. The molecule has 1 aromatic heterocycles. The van der Waals surface area contributed by atoms with E-state index in [-0.39, 0.29) is 6.54 Å². The van der Waals surface area contributed by atoms with Crippen LogP contribution in [0.1, 0.15) is 22.8 Å². The van der Waals surface area contributed by atoms with Crippen LogP contribution < -0.4 is 11.1 Å². The molecule has 0 saturated carbocycles. The summed E-state index contributed by atoms with van der Waals surface area (Å²) in [5.41, 5.74) is 7.37. The lowest BCUT2D eigenvalue weighted by atomic mass is 10.1. The third-order valence-electron chi connectivity index (χ3n) is 2.70. The zero-order valence-electron chi connectivity index (χ0n) is 10.7. The number of nitrogens with two attached hydrogens (primary N) is 1. The van der Waals surface area contributed by atoms with E-state index in [2.05, 4.69) is 15.5 Å². The quantitative estimate of drug-likeness (QED) is 0.790. The number of carbonyl (C=O) groups excluding carboxylic acids is 1. The van der Waals surface area contributed by atoms with Gasteiger partial charge in [-0.1, -0.05) is 29.4 Å². The van der Waals surface area contributed by atoms with Gasteiger partial charge in [0.25, 0.3) is 0 Å².